The van der Waals surface area contributed by atoms with E-state index < -0.39 is 11.7 Å². The summed E-state index contributed by atoms with van der Waals surface area (Å²) in [4.78, 5) is 27.2. The highest BCUT2D eigenvalue weighted by Crippen LogP contribution is 2.47. The predicted molar refractivity (Wildman–Crippen MR) is 140 cm³/mol. The summed E-state index contributed by atoms with van der Waals surface area (Å²) in [6.45, 7) is 0. The van der Waals surface area contributed by atoms with Crippen LogP contribution in [0.3, 0.4) is 0 Å². The van der Waals surface area contributed by atoms with Crippen LogP contribution in [0.15, 0.2) is 51.3 Å². The highest BCUT2D eigenvalue weighted by atomic mass is 32.2. The molecule has 1 atom stereocenters. The molecule has 0 saturated heterocycles. The smallest absolute Gasteiger partial charge is 0.230 e. The van der Waals surface area contributed by atoms with E-state index in [9.17, 15) is 19.2 Å². The molecule has 1 aromatic carbocycles. The average Bonchev–Trinajstić information content (AvgIpc) is 3.36. The molecule has 192 valence electrons. The zero-order valence-electron chi connectivity index (χ0n) is 20.2. The molecule has 1 amide bonds. The summed E-state index contributed by atoms with van der Waals surface area (Å²) in [5.74, 6) is -1.18. The van der Waals surface area contributed by atoms with Crippen LogP contribution in [0.5, 0.6) is 0 Å². The van der Waals surface area contributed by atoms with E-state index in [-0.39, 0.29) is 40.4 Å². The number of nitriles is 1. The first-order chi connectivity index (χ1) is 18.0. The lowest BCUT2D eigenvalue weighted by Gasteiger charge is -2.38. The minimum atomic E-state index is -0.865. The normalized spacial score (nSPS) is 20.6. The molecule has 2 aromatic rings. The fourth-order valence-corrected chi connectivity index (χ4v) is 7.01. The lowest BCUT2D eigenvalue weighted by molar-refractivity contribution is -0.119. The average molecular weight is 539 g/mol. The Morgan fingerprint density at radius 2 is 2.00 bits per heavy atom. The number of carbonyl (C=O) groups excluding carboxylic acids is 2. The molecular formula is C26H27FN6O2S2. The van der Waals surface area contributed by atoms with E-state index >= 15 is 0 Å². The van der Waals surface area contributed by atoms with Gasteiger partial charge in [-0.05, 0) is 31.7 Å². The van der Waals surface area contributed by atoms with E-state index in [1.807, 2.05) is 0 Å². The first-order valence-corrected chi connectivity index (χ1v) is 14.2. The number of anilines is 1. The molecule has 2 heterocycles. The first kappa shape index (κ1) is 25.4. The summed E-state index contributed by atoms with van der Waals surface area (Å²) in [5.41, 5.74) is 7.89. The standard InChI is InChI=1S/C26H27FN6O2S2/c27-18-10-5-4-9-16(18)22-17(13-28)24(29)33(19-11-6-12-20(34)23(19)22)25-31-32-26(37-25)36-14-21(35)30-15-7-2-1-3-8-15/h4-5,9-10,15,22H,1-3,6-8,11-12,14,29H2,(H,30,35). The van der Waals surface area contributed by atoms with Crippen molar-refractivity contribution in [3.63, 3.8) is 0 Å². The van der Waals surface area contributed by atoms with Gasteiger partial charge in [-0.2, -0.15) is 5.26 Å². The second kappa shape index (κ2) is 11.0. The summed E-state index contributed by atoms with van der Waals surface area (Å²) >= 11 is 2.54. The van der Waals surface area contributed by atoms with Gasteiger partial charge in [0.15, 0.2) is 10.1 Å². The van der Waals surface area contributed by atoms with Gasteiger partial charge in [-0.15, -0.1) is 10.2 Å². The van der Waals surface area contributed by atoms with Gasteiger partial charge >= 0.3 is 0 Å². The summed E-state index contributed by atoms with van der Waals surface area (Å²) in [6, 6.07) is 8.53. The van der Waals surface area contributed by atoms with Crippen molar-refractivity contribution in [2.75, 3.05) is 10.7 Å². The number of nitrogens with zero attached hydrogens (tertiary/aromatic N) is 4. The Kier molecular flexibility index (Phi) is 7.58. The SMILES string of the molecule is N#CC1=C(N)N(c2nnc(SCC(=O)NC3CCCCC3)s2)C2=C(C(=O)CCC2)C1c1ccccc1F. The highest BCUT2D eigenvalue weighted by molar-refractivity contribution is 8.01. The Morgan fingerprint density at radius 3 is 2.76 bits per heavy atom. The van der Waals surface area contributed by atoms with Gasteiger partial charge < -0.3 is 11.1 Å². The number of rotatable bonds is 6. The fraction of sp³-hybridized carbons (Fsp3) is 0.423. The Labute approximate surface area is 222 Å². The minimum absolute atomic E-state index is 0.0339. The molecule has 3 N–H and O–H groups in total. The van der Waals surface area contributed by atoms with Crippen LogP contribution >= 0.6 is 23.1 Å². The number of Topliss-reactive ketones (excluding diaryl/α,β-unsaturated/α-hetero) is 1. The van der Waals surface area contributed by atoms with E-state index in [2.05, 4.69) is 21.6 Å². The number of thioether (sulfide) groups is 1. The number of nitrogens with one attached hydrogen (secondary N) is 1. The minimum Gasteiger partial charge on any atom is -0.384 e. The largest absolute Gasteiger partial charge is 0.384 e. The maximum atomic E-state index is 14.8. The topological polar surface area (TPSA) is 125 Å². The number of carbonyl (C=O) groups is 2. The molecule has 1 aromatic heterocycles. The summed E-state index contributed by atoms with van der Waals surface area (Å²) in [6.07, 6.45) is 7.03. The lowest BCUT2D eigenvalue weighted by atomic mass is 9.75. The molecule has 0 bridgehead atoms. The molecule has 8 nitrogen and oxygen atoms in total. The molecule has 1 saturated carbocycles. The van der Waals surface area contributed by atoms with Crippen molar-refractivity contribution >= 4 is 39.9 Å². The third-order valence-electron chi connectivity index (χ3n) is 7.01. The molecule has 1 fully saturated rings. The maximum Gasteiger partial charge on any atom is 0.230 e. The molecular weight excluding hydrogens is 511 g/mol. The number of ketones is 1. The Hall–Kier alpha value is -3.23. The van der Waals surface area contributed by atoms with Gasteiger partial charge in [0.25, 0.3) is 0 Å². The molecule has 1 aliphatic heterocycles. The van der Waals surface area contributed by atoms with Gasteiger partial charge in [0.1, 0.15) is 11.6 Å². The molecule has 0 spiro atoms. The van der Waals surface area contributed by atoms with Crippen molar-refractivity contribution in [3.05, 3.63) is 58.3 Å². The third kappa shape index (κ3) is 5.13. The Balaban J connectivity index is 1.42. The van der Waals surface area contributed by atoms with Crippen LogP contribution in [0.2, 0.25) is 0 Å². The second-order valence-electron chi connectivity index (χ2n) is 9.38. The maximum absolute atomic E-state index is 14.8. The van der Waals surface area contributed by atoms with Crippen LogP contribution in [0.4, 0.5) is 9.52 Å². The van der Waals surface area contributed by atoms with E-state index in [0.29, 0.717) is 40.0 Å². The molecule has 1 unspecified atom stereocenters. The molecule has 3 aliphatic rings. The zero-order chi connectivity index (χ0) is 25.9. The number of halogens is 1. The number of benzene rings is 1. The molecule has 0 radical (unpaired) electrons. The number of hydrogen-bond acceptors (Lipinski definition) is 9. The van der Waals surface area contributed by atoms with Gasteiger partial charge in [-0.3, -0.25) is 14.5 Å². The summed E-state index contributed by atoms with van der Waals surface area (Å²) in [5, 5.41) is 22.1. The monoisotopic (exact) mass is 538 g/mol. The van der Waals surface area contributed by atoms with Crippen LogP contribution in [-0.4, -0.2) is 33.7 Å². The van der Waals surface area contributed by atoms with Crippen molar-refractivity contribution < 1.29 is 14.0 Å². The van der Waals surface area contributed by atoms with Crippen molar-refractivity contribution in [1.82, 2.24) is 15.5 Å². The van der Waals surface area contributed by atoms with Crippen molar-refractivity contribution in [3.8, 4) is 6.07 Å². The van der Waals surface area contributed by atoms with Gasteiger partial charge in [0, 0.05) is 29.3 Å². The van der Waals surface area contributed by atoms with Crippen LogP contribution in [0.1, 0.15) is 62.8 Å². The number of nitrogens with two attached hydrogens (primary N) is 1. The zero-order valence-corrected chi connectivity index (χ0v) is 21.8. The predicted octanol–water partition coefficient (Wildman–Crippen LogP) is 4.52. The van der Waals surface area contributed by atoms with E-state index in [1.165, 1.54) is 35.6 Å². The van der Waals surface area contributed by atoms with Gasteiger partial charge in [0.2, 0.25) is 11.0 Å². The van der Waals surface area contributed by atoms with E-state index in [4.69, 9.17) is 5.73 Å². The van der Waals surface area contributed by atoms with Crippen LogP contribution in [0.25, 0.3) is 0 Å². The number of allylic oxidation sites excluding steroid dienone is 3. The van der Waals surface area contributed by atoms with Crippen LogP contribution in [0, 0.1) is 17.1 Å². The van der Waals surface area contributed by atoms with Gasteiger partial charge in [-0.1, -0.05) is 60.6 Å². The quantitative estimate of drug-likeness (QED) is 0.514. The summed E-state index contributed by atoms with van der Waals surface area (Å²) < 4.78 is 15.4. The molecule has 2 aliphatic carbocycles. The van der Waals surface area contributed by atoms with E-state index in [0.717, 1.165) is 25.7 Å². The van der Waals surface area contributed by atoms with Crippen molar-refractivity contribution in [1.29, 1.82) is 5.26 Å². The molecule has 11 heteroatoms. The van der Waals surface area contributed by atoms with Crippen LogP contribution in [-0.2, 0) is 9.59 Å². The summed E-state index contributed by atoms with van der Waals surface area (Å²) in [7, 11) is 0. The molecule has 5 rings (SSSR count). The van der Waals surface area contributed by atoms with Crippen molar-refractivity contribution in [2.45, 2.75) is 67.7 Å². The number of amides is 1. The third-order valence-corrected chi connectivity index (χ3v) is 9.06. The first-order valence-electron chi connectivity index (χ1n) is 12.4. The number of hydrogen-bond donors (Lipinski definition) is 2. The fourth-order valence-electron chi connectivity index (χ4n) is 5.32. The van der Waals surface area contributed by atoms with Crippen molar-refractivity contribution in [2.24, 2.45) is 5.73 Å². The Morgan fingerprint density at radius 1 is 1.22 bits per heavy atom. The second-order valence-corrected chi connectivity index (χ2v) is 11.6. The number of aromatic nitrogens is 2. The van der Waals surface area contributed by atoms with Gasteiger partial charge in [0.05, 0.1) is 23.3 Å². The van der Waals surface area contributed by atoms with Gasteiger partial charge in [-0.25, -0.2) is 4.39 Å². The van der Waals surface area contributed by atoms with Crippen LogP contribution < -0.4 is 16.0 Å². The molecule has 37 heavy (non-hydrogen) atoms. The lowest BCUT2D eigenvalue weighted by Crippen LogP contribution is -2.38. The van der Waals surface area contributed by atoms with E-state index in [1.54, 1.807) is 23.1 Å². The highest BCUT2D eigenvalue weighted by Gasteiger charge is 2.42. The Bertz CT molecular complexity index is 1320.